The molecular formula is C12H23N3O3. The molecule has 18 heavy (non-hydrogen) atoms. The van der Waals surface area contributed by atoms with E-state index in [1.807, 2.05) is 6.92 Å². The first kappa shape index (κ1) is 14.8. The number of amides is 2. The highest BCUT2D eigenvalue weighted by Crippen LogP contribution is 2.07. The number of nitrogens with zero attached hydrogens (tertiary/aromatic N) is 2. The van der Waals surface area contributed by atoms with Gasteiger partial charge in [0.05, 0.1) is 0 Å². The summed E-state index contributed by atoms with van der Waals surface area (Å²) in [5.74, 6) is -0.987. The summed E-state index contributed by atoms with van der Waals surface area (Å²) < 4.78 is 0. The summed E-state index contributed by atoms with van der Waals surface area (Å²) in [7, 11) is 0. The molecule has 0 aliphatic carbocycles. The van der Waals surface area contributed by atoms with Crippen LogP contribution in [0.3, 0.4) is 0 Å². The average Bonchev–Trinajstić information content (AvgIpc) is 2.77. The van der Waals surface area contributed by atoms with Crippen LogP contribution in [0.25, 0.3) is 0 Å². The van der Waals surface area contributed by atoms with Crippen molar-refractivity contribution in [2.24, 2.45) is 0 Å². The van der Waals surface area contributed by atoms with Crippen molar-refractivity contribution in [2.45, 2.75) is 32.7 Å². The first-order valence-corrected chi connectivity index (χ1v) is 6.52. The van der Waals surface area contributed by atoms with Crippen molar-refractivity contribution in [3.05, 3.63) is 0 Å². The van der Waals surface area contributed by atoms with E-state index in [4.69, 9.17) is 5.11 Å². The second kappa shape index (κ2) is 7.20. The van der Waals surface area contributed by atoms with Gasteiger partial charge in [-0.2, -0.15) is 0 Å². The first-order valence-electron chi connectivity index (χ1n) is 6.52. The van der Waals surface area contributed by atoms with Crippen molar-refractivity contribution in [1.82, 2.24) is 15.1 Å². The molecule has 6 heteroatoms. The number of likely N-dealkylation sites (N-methyl/N-ethyl adjacent to an activating group) is 1. The van der Waals surface area contributed by atoms with Gasteiger partial charge in [-0.3, -0.25) is 4.79 Å². The van der Waals surface area contributed by atoms with Crippen molar-refractivity contribution < 1.29 is 14.7 Å². The molecule has 0 radical (unpaired) electrons. The molecule has 0 aromatic heterocycles. The van der Waals surface area contributed by atoms with Crippen LogP contribution in [0.5, 0.6) is 0 Å². The molecule has 2 N–H and O–H groups in total. The van der Waals surface area contributed by atoms with E-state index < -0.39 is 5.97 Å². The Kier molecular flexibility index (Phi) is 5.91. The van der Waals surface area contributed by atoms with E-state index in [1.165, 1.54) is 17.7 Å². The van der Waals surface area contributed by atoms with E-state index in [1.54, 1.807) is 6.92 Å². The topological polar surface area (TPSA) is 72.9 Å². The number of carbonyl (C=O) groups excluding carboxylic acids is 1. The lowest BCUT2D eigenvalue weighted by molar-refractivity contribution is -0.137. The van der Waals surface area contributed by atoms with E-state index in [-0.39, 0.29) is 18.6 Å². The van der Waals surface area contributed by atoms with Crippen LogP contribution in [0, 0.1) is 0 Å². The Balaban J connectivity index is 2.34. The molecule has 0 bridgehead atoms. The highest BCUT2D eigenvalue weighted by atomic mass is 16.4. The van der Waals surface area contributed by atoms with Crippen molar-refractivity contribution in [3.63, 3.8) is 0 Å². The monoisotopic (exact) mass is 257 g/mol. The largest absolute Gasteiger partial charge is 0.480 e. The minimum Gasteiger partial charge on any atom is -0.480 e. The molecule has 2 amide bonds. The summed E-state index contributed by atoms with van der Waals surface area (Å²) in [5, 5.41) is 11.5. The van der Waals surface area contributed by atoms with Gasteiger partial charge in [-0.25, -0.2) is 4.79 Å². The second-order valence-corrected chi connectivity index (χ2v) is 4.77. The van der Waals surface area contributed by atoms with Gasteiger partial charge in [0.25, 0.3) is 0 Å². The Morgan fingerprint density at radius 1 is 1.39 bits per heavy atom. The fraction of sp³-hybridized carbons (Fsp3) is 0.833. The molecule has 0 saturated carbocycles. The van der Waals surface area contributed by atoms with Gasteiger partial charge >= 0.3 is 12.0 Å². The van der Waals surface area contributed by atoms with E-state index in [9.17, 15) is 9.59 Å². The lowest BCUT2D eigenvalue weighted by Gasteiger charge is -2.25. The zero-order valence-corrected chi connectivity index (χ0v) is 11.2. The predicted octanol–water partition coefficient (Wildman–Crippen LogP) is 0.587. The Morgan fingerprint density at radius 3 is 2.50 bits per heavy atom. The number of likely N-dealkylation sites (tertiary alicyclic amines) is 1. The minimum absolute atomic E-state index is 0.0402. The maximum Gasteiger partial charge on any atom is 0.323 e. The summed E-state index contributed by atoms with van der Waals surface area (Å²) >= 11 is 0. The molecule has 104 valence electrons. The number of carboxylic acids is 1. The van der Waals surface area contributed by atoms with Crippen LogP contribution in [0.4, 0.5) is 4.79 Å². The molecule has 1 unspecified atom stereocenters. The summed E-state index contributed by atoms with van der Waals surface area (Å²) in [5.41, 5.74) is 0. The standard InChI is InChI=1S/C12H23N3O3/c1-3-15(9-11(16)17)12(18)13-10(2)8-14-6-4-5-7-14/h10H,3-9H2,1-2H3,(H,13,18)(H,16,17). The lowest BCUT2D eigenvalue weighted by atomic mass is 10.3. The van der Waals surface area contributed by atoms with Gasteiger partial charge in [0.2, 0.25) is 0 Å². The molecule has 1 aliphatic rings. The van der Waals surface area contributed by atoms with Gasteiger partial charge in [-0.1, -0.05) is 0 Å². The van der Waals surface area contributed by atoms with E-state index >= 15 is 0 Å². The van der Waals surface area contributed by atoms with Crippen LogP contribution in [-0.2, 0) is 4.79 Å². The number of hydrogen-bond donors (Lipinski definition) is 2. The summed E-state index contributed by atoms with van der Waals surface area (Å²) in [6.07, 6.45) is 2.45. The zero-order chi connectivity index (χ0) is 13.5. The Morgan fingerprint density at radius 2 is 2.00 bits per heavy atom. The highest BCUT2D eigenvalue weighted by molar-refractivity contribution is 5.80. The zero-order valence-electron chi connectivity index (χ0n) is 11.2. The Hall–Kier alpha value is -1.30. The number of carboxylic acid groups (broad SMARTS) is 1. The normalized spacial score (nSPS) is 17.4. The van der Waals surface area contributed by atoms with E-state index in [0.717, 1.165) is 19.6 Å². The Bertz CT molecular complexity index is 290. The van der Waals surface area contributed by atoms with Crippen LogP contribution in [-0.4, -0.2) is 65.7 Å². The van der Waals surface area contributed by atoms with Crippen LogP contribution in [0.1, 0.15) is 26.7 Å². The average molecular weight is 257 g/mol. The number of urea groups is 1. The van der Waals surface area contributed by atoms with Gasteiger partial charge in [0, 0.05) is 19.1 Å². The van der Waals surface area contributed by atoms with Gasteiger partial charge < -0.3 is 20.2 Å². The highest BCUT2D eigenvalue weighted by Gasteiger charge is 2.19. The molecule has 1 fully saturated rings. The van der Waals surface area contributed by atoms with Gasteiger partial charge in [0.15, 0.2) is 0 Å². The number of carbonyl (C=O) groups is 2. The van der Waals surface area contributed by atoms with Gasteiger partial charge in [0.1, 0.15) is 6.54 Å². The molecular weight excluding hydrogens is 234 g/mol. The van der Waals surface area contributed by atoms with E-state index in [0.29, 0.717) is 6.54 Å². The second-order valence-electron chi connectivity index (χ2n) is 4.77. The maximum absolute atomic E-state index is 11.8. The molecule has 6 nitrogen and oxygen atoms in total. The number of rotatable bonds is 6. The number of hydrogen-bond acceptors (Lipinski definition) is 3. The van der Waals surface area contributed by atoms with Gasteiger partial charge in [-0.05, 0) is 39.8 Å². The van der Waals surface area contributed by atoms with E-state index in [2.05, 4.69) is 10.2 Å². The van der Waals surface area contributed by atoms with Crippen LogP contribution in [0.15, 0.2) is 0 Å². The van der Waals surface area contributed by atoms with Crippen molar-refractivity contribution in [3.8, 4) is 0 Å². The molecule has 1 heterocycles. The molecule has 1 rings (SSSR count). The molecule has 1 saturated heterocycles. The third kappa shape index (κ3) is 4.91. The molecule has 0 aromatic carbocycles. The fourth-order valence-electron chi connectivity index (χ4n) is 2.19. The molecule has 0 aromatic rings. The van der Waals surface area contributed by atoms with Crippen molar-refractivity contribution in [1.29, 1.82) is 0 Å². The Labute approximate surface area is 108 Å². The molecule has 1 aliphatic heterocycles. The summed E-state index contributed by atoms with van der Waals surface area (Å²) in [6, 6.07) is -0.259. The quantitative estimate of drug-likeness (QED) is 0.730. The smallest absolute Gasteiger partial charge is 0.323 e. The first-order chi connectivity index (χ1) is 8.52. The third-order valence-electron chi connectivity index (χ3n) is 3.10. The summed E-state index contributed by atoms with van der Waals surface area (Å²) in [4.78, 5) is 26.0. The third-order valence-corrected chi connectivity index (χ3v) is 3.10. The van der Waals surface area contributed by atoms with Gasteiger partial charge in [-0.15, -0.1) is 0 Å². The predicted molar refractivity (Wildman–Crippen MR) is 68.6 cm³/mol. The van der Waals surface area contributed by atoms with Crippen LogP contribution in [0.2, 0.25) is 0 Å². The van der Waals surface area contributed by atoms with Crippen LogP contribution >= 0.6 is 0 Å². The lowest BCUT2D eigenvalue weighted by Crippen LogP contribution is -2.48. The van der Waals surface area contributed by atoms with Crippen molar-refractivity contribution >= 4 is 12.0 Å². The summed E-state index contributed by atoms with van der Waals surface area (Å²) in [6.45, 7) is 6.88. The fourth-order valence-corrected chi connectivity index (χ4v) is 2.19. The SMILES string of the molecule is CCN(CC(=O)O)C(=O)NC(C)CN1CCCC1. The number of nitrogens with one attached hydrogen (secondary N) is 1. The number of aliphatic carboxylic acids is 1. The molecule has 0 spiro atoms. The van der Waals surface area contributed by atoms with Crippen LogP contribution < -0.4 is 5.32 Å². The maximum atomic E-state index is 11.8. The minimum atomic E-state index is -0.987. The molecule has 1 atom stereocenters. The van der Waals surface area contributed by atoms with Crippen molar-refractivity contribution in [2.75, 3.05) is 32.7 Å².